The number of carbonyl (C=O) groups is 2. The molecule has 0 bridgehead atoms. The van der Waals surface area contributed by atoms with E-state index in [1.807, 2.05) is 0 Å². The Kier molecular flexibility index (Phi) is 11.4. The second-order valence-corrected chi connectivity index (χ2v) is 6.37. The predicted octanol–water partition coefficient (Wildman–Crippen LogP) is -3.47. The van der Waals surface area contributed by atoms with E-state index in [0.717, 1.165) is 0 Å². The van der Waals surface area contributed by atoms with E-state index >= 15 is 0 Å². The van der Waals surface area contributed by atoms with Gasteiger partial charge in [-0.15, -0.1) is 0 Å². The summed E-state index contributed by atoms with van der Waals surface area (Å²) in [4.78, 5) is 22.2. The van der Waals surface area contributed by atoms with Crippen molar-refractivity contribution in [2.24, 2.45) is 0 Å². The Morgan fingerprint density at radius 3 is 2.04 bits per heavy atom. The normalized spacial score (nSPS) is 10.6. The average molecular weight is 410 g/mol. The number of ketones is 1. The molecule has 10 heteroatoms. The van der Waals surface area contributed by atoms with Crippen LogP contribution in [0.1, 0.15) is 18.8 Å². The molecule has 0 aliphatic rings. The number of rotatable bonds is 7. The molecular weight excluding hydrogens is 394 g/mol. The quantitative estimate of drug-likeness (QED) is 0.211. The molecule has 0 unspecified atom stereocenters. The maximum Gasteiger partial charge on any atom is 1.00 e. The molecule has 0 radical (unpaired) electrons. The van der Waals surface area contributed by atoms with Crippen LogP contribution in [-0.2, 0) is 14.9 Å². The third-order valence-electron chi connectivity index (χ3n) is 3.11. The van der Waals surface area contributed by atoms with Gasteiger partial charge in [-0.2, -0.15) is 8.42 Å². The average Bonchev–Trinajstić information content (AvgIpc) is 2.58. The van der Waals surface area contributed by atoms with E-state index in [9.17, 15) is 18.0 Å². The Morgan fingerprint density at radius 1 is 1.00 bits per heavy atom. The fourth-order valence-corrected chi connectivity index (χ4v) is 2.36. The van der Waals surface area contributed by atoms with Crippen molar-refractivity contribution in [2.75, 3.05) is 6.61 Å². The third-order valence-corrected chi connectivity index (χ3v) is 3.97. The van der Waals surface area contributed by atoms with E-state index in [0.29, 0.717) is 16.9 Å². The van der Waals surface area contributed by atoms with E-state index in [2.05, 4.69) is 0 Å². The van der Waals surface area contributed by atoms with Crippen molar-refractivity contribution in [3.8, 4) is 5.75 Å². The molecule has 2 rings (SSSR count). The Hall–Kier alpha value is -0.970. The molecule has 0 spiro atoms. The van der Waals surface area contributed by atoms with Crippen LogP contribution in [0.5, 0.6) is 5.75 Å². The number of allylic oxidation sites excluding steroid dienone is 1. The zero-order valence-corrected chi connectivity index (χ0v) is 19.6. The number of hydrogen-bond acceptors (Lipinski definition) is 5. The minimum absolute atomic E-state index is 0. The summed E-state index contributed by atoms with van der Waals surface area (Å²) in [6.07, 6.45) is 2.82. The summed E-state index contributed by atoms with van der Waals surface area (Å²) in [7, 11) is -4.25. The second kappa shape index (κ2) is 11.8. The Morgan fingerprint density at radius 2 is 1.56 bits per heavy atom. The summed E-state index contributed by atoms with van der Waals surface area (Å²) in [6.45, 7) is -0.466. The smallest absolute Gasteiger partial charge is 1.00 e. The molecule has 0 saturated carbocycles. The van der Waals surface area contributed by atoms with Gasteiger partial charge in [-0.3, -0.25) is 9.35 Å². The van der Waals surface area contributed by atoms with Gasteiger partial charge < -0.3 is 12.7 Å². The fraction of sp³-hybridized carbons (Fsp3) is 0.0588. The van der Waals surface area contributed by atoms with Gasteiger partial charge in [0.15, 0.2) is 12.4 Å². The van der Waals surface area contributed by atoms with Crippen LogP contribution < -0.4 is 63.9 Å². The van der Waals surface area contributed by atoms with Crippen LogP contribution in [0, 0.1) is 0 Å². The molecule has 7 nitrogen and oxygen atoms in total. The van der Waals surface area contributed by atoms with Gasteiger partial charge in [0.1, 0.15) is 5.75 Å². The van der Waals surface area contributed by atoms with E-state index in [1.54, 1.807) is 0 Å². The maximum atomic E-state index is 12.1. The largest absolute Gasteiger partial charge is 1.00 e. The van der Waals surface area contributed by atoms with Crippen LogP contribution in [0.4, 0.5) is 0 Å². The standard InChI is InChI=1S/C17H14O7S.2Na.2H/c18-16(13-4-6-14(7-5-13)24-11-17(19)20)10-3-12-1-8-15(9-2-12)25(21,22)23;;;;/h1-10H,11H2,(H,19,20)(H,21,22,23);;;;/q;2*+1;2*-1. The topological polar surface area (TPSA) is 118 Å². The molecule has 0 aromatic heterocycles. The van der Waals surface area contributed by atoms with E-state index in [4.69, 9.17) is 14.4 Å². The first kappa shape index (κ1) is 26.0. The van der Waals surface area contributed by atoms with Crippen molar-refractivity contribution in [1.82, 2.24) is 0 Å². The van der Waals surface area contributed by atoms with Gasteiger partial charge in [-0.25, -0.2) is 4.79 Å². The second-order valence-electron chi connectivity index (χ2n) is 4.95. The Balaban J connectivity index is -0.00000169. The first-order valence-corrected chi connectivity index (χ1v) is 8.44. The summed E-state index contributed by atoms with van der Waals surface area (Å²) in [5.41, 5.74) is 0.968. The van der Waals surface area contributed by atoms with Gasteiger partial charge in [-0.05, 0) is 48.0 Å². The first-order chi connectivity index (χ1) is 11.8. The Bertz CT molecular complexity index is 916. The molecule has 134 valence electrons. The fourth-order valence-electron chi connectivity index (χ4n) is 1.88. The van der Waals surface area contributed by atoms with Crippen molar-refractivity contribution in [3.05, 3.63) is 65.7 Å². The molecule has 0 amide bonds. The van der Waals surface area contributed by atoms with E-state index in [-0.39, 0.29) is 72.6 Å². The van der Waals surface area contributed by atoms with Crippen LogP contribution in [-0.4, -0.2) is 36.4 Å². The molecule has 0 aliphatic heterocycles. The maximum absolute atomic E-state index is 12.1. The number of carbonyl (C=O) groups excluding carboxylic acids is 1. The molecule has 0 heterocycles. The minimum atomic E-state index is -4.25. The monoisotopic (exact) mass is 410 g/mol. The molecule has 0 saturated heterocycles. The summed E-state index contributed by atoms with van der Waals surface area (Å²) in [5, 5.41) is 8.52. The summed E-state index contributed by atoms with van der Waals surface area (Å²) in [5.74, 6) is -1.05. The van der Waals surface area contributed by atoms with Gasteiger partial charge in [-0.1, -0.05) is 18.2 Å². The molecule has 0 atom stereocenters. The van der Waals surface area contributed by atoms with E-state index < -0.39 is 22.7 Å². The Labute approximate surface area is 203 Å². The van der Waals surface area contributed by atoms with Crippen LogP contribution in [0.2, 0.25) is 0 Å². The van der Waals surface area contributed by atoms with E-state index in [1.165, 1.54) is 60.7 Å². The number of ether oxygens (including phenoxy) is 1. The number of carboxylic acids is 1. The predicted molar refractivity (Wildman–Crippen MR) is 91.4 cm³/mol. The molecule has 0 fully saturated rings. The number of aliphatic carboxylic acids is 1. The van der Waals surface area contributed by atoms with Crippen molar-refractivity contribution in [1.29, 1.82) is 0 Å². The molecule has 2 aromatic rings. The molecular formula is C17H16Na2O7S. The minimum Gasteiger partial charge on any atom is -1.00 e. The summed E-state index contributed by atoms with van der Waals surface area (Å²) >= 11 is 0. The zero-order chi connectivity index (χ0) is 18.4. The van der Waals surface area contributed by atoms with Gasteiger partial charge in [0.25, 0.3) is 10.1 Å². The number of hydrogen-bond donors (Lipinski definition) is 2. The summed E-state index contributed by atoms with van der Waals surface area (Å²) in [6, 6.07) is 11.4. The number of benzene rings is 2. The zero-order valence-electron chi connectivity index (χ0n) is 16.8. The molecule has 0 aliphatic carbocycles. The van der Waals surface area contributed by atoms with Gasteiger partial charge in [0.2, 0.25) is 0 Å². The molecule has 2 aromatic carbocycles. The number of carboxylic acid groups (broad SMARTS) is 1. The van der Waals surface area contributed by atoms with Gasteiger partial charge >= 0.3 is 65.1 Å². The summed E-state index contributed by atoms with van der Waals surface area (Å²) < 4.78 is 35.8. The first-order valence-electron chi connectivity index (χ1n) is 7.00. The van der Waals surface area contributed by atoms with Crippen molar-refractivity contribution in [2.45, 2.75) is 4.90 Å². The van der Waals surface area contributed by atoms with Crippen LogP contribution >= 0.6 is 0 Å². The molecule has 2 N–H and O–H groups in total. The van der Waals surface area contributed by atoms with Crippen LogP contribution in [0.25, 0.3) is 6.08 Å². The van der Waals surface area contributed by atoms with Crippen molar-refractivity contribution in [3.63, 3.8) is 0 Å². The van der Waals surface area contributed by atoms with Crippen molar-refractivity contribution < 1.29 is 94.4 Å². The molecule has 27 heavy (non-hydrogen) atoms. The van der Waals surface area contributed by atoms with Crippen LogP contribution in [0.15, 0.2) is 59.5 Å². The van der Waals surface area contributed by atoms with Gasteiger partial charge in [0, 0.05) is 5.56 Å². The van der Waals surface area contributed by atoms with Gasteiger partial charge in [0.05, 0.1) is 4.90 Å². The van der Waals surface area contributed by atoms with Crippen molar-refractivity contribution >= 4 is 27.9 Å². The SMILES string of the molecule is O=C(O)COc1ccc(C(=O)C=Cc2ccc(S(=O)(=O)O)cc2)cc1.[H-].[H-].[Na+].[Na+]. The van der Waals surface area contributed by atoms with Crippen LogP contribution in [0.3, 0.4) is 0 Å². The third kappa shape index (κ3) is 8.71.